The van der Waals surface area contributed by atoms with E-state index in [0.29, 0.717) is 25.7 Å². The van der Waals surface area contributed by atoms with Gasteiger partial charge in [0.05, 0.1) is 13.7 Å². The van der Waals surface area contributed by atoms with Gasteiger partial charge in [-0.25, -0.2) is 0 Å². The lowest BCUT2D eigenvalue weighted by atomic mass is 10.2. The first-order valence-electron chi connectivity index (χ1n) is 7.85. The third kappa shape index (κ3) is 5.66. The van der Waals surface area contributed by atoms with Crippen molar-refractivity contribution in [1.82, 2.24) is 10.2 Å². The quantitative estimate of drug-likeness (QED) is 0.670. The first kappa shape index (κ1) is 16.8. The minimum Gasteiger partial charge on any atom is -0.497 e. The summed E-state index contributed by atoms with van der Waals surface area (Å²) in [7, 11) is 3.34. The number of nitrogens with zero attached hydrogens (tertiary/aromatic N) is 1. The molecule has 1 amide bonds. The summed E-state index contributed by atoms with van der Waals surface area (Å²) in [5, 5.41) is 2.95. The van der Waals surface area contributed by atoms with Crippen molar-refractivity contribution in [2.75, 3.05) is 33.9 Å². The maximum atomic E-state index is 12.0. The van der Waals surface area contributed by atoms with E-state index in [2.05, 4.69) is 22.3 Å². The van der Waals surface area contributed by atoms with Gasteiger partial charge in [-0.15, -0.1) is 0 Å². The molecule has 5 heteroatoms. The number of carbonyl (C=O) groups excluding carboxylic acids is 1. The summed E-state index contributed by atoms with van der Waals surface area (Å²) in [5.74, 6) is 0.953. The Hall–Kier alpha value is -1.59. The molecule has 0 aromatic heterocycles. The Labute approximate surface area is 132 Å². The van der Waals surface area contributed by atoms with Gasteiger partial charge in [0.25, 0.3) is 0 Å². The second kappa shape index (κ2) is 8.76. The molecule has 0 aliphatic heterocycles. The molecule has 0 spiro atoms. The number of amides is 1. The van der Waals surface area contributed by atoms with Crippen molar-refractivity contribution in [2.24, 2.45) is 0 Å². The van der Waals surface area contributed by atoms with Crippen LogP contribution in [-0.2, 0) is 16.1 Å². The predicted octanol–water partition coefficient (Wildman–Crippen LogP) is 1.81. The fourth-order valence-corrected chi connectivity index (χ4v) is 2.40. The molecule has 1 fully saturated rings. The van der Waals surface area contributed by atoms with E-state index in [-0.39, 0.29) is 5.91 Å². The van der Waals surface area contributed by atoms with E-state index in [1.54, 1.807) is 14.2 Å². The standard InChI is InChI=1S/C17H26N2O3/c1-21-11-3-10-18-17(20)13-19(15-6-7-15)12-14-4-8-16(22-2)9-5-14/h4-5,8-9,15H,3,6-7,10-13H2,1-2H3,(H,18,20). The van der Waals surface area contributed by atoms with Crippen molar-refractivity contribution in [3.05, 3.63) is 29.8 Å². The van der Waals surface area contributed by atoms with Gasteiger partial charge in [-0.3, -0.25) is 9.69 Å². The number of ether oxygens (including phenoxy) is 2. The Morgan fingerprint density at radius 3 is 2.59 bits per heavy atom. The third-order valence-corrected chi connectivity index (χ3v) is 3.80. The molecule has 1 N–H and O–H groups in total. The second-order valence-corrected chi connectivity index (χ2v) is 5.68. The molecule has 0 saturated heterocycles. The predicted molar refractivity (Wildman–Crippen MR) is 85.9 cm³/mol. The van der Waals surface area contributed by atoms with E-state index in [1.807, 2.05) is 12.1 Å². The molecule has 5 nitrogen and oxygen atoms in total. The SMILES string of the molecule is COCCCNC(=O)CN(Cc1ccc(OC)cc1)C1CC1. The van der Waals surface area contributed by atoms with Crippen LogP contribution in [0, 0.1) is 0 Å². The second-order valence-electron chi connectivity index (χ2n) is 5.68. The van der Waals surface area contributed by atoms with Crippen LogP contribution < -0.4 is 10.1 Å². The van der Waals surface area contributed by atoms with E-state index in [0.717, 1.165) is 18.7 Å². The van der Waals surface area contributed by atoms with Gasteiger partial charge in [0.2, 0.25) is 5.91 Å². The number of nitrogens with one attached hydrogen (secondary N) is 1. The van der Waals surface area contributed by atoms with Crippen LogP contribution in [0.2, 0.25) is 0 Å². The normalized spacial score (nSPS) is 14.1. The highest BCUT2D eigenvalue weighted by molar-refractivity contribution is 5.78. The summed E-state index contributed by atoms with van der Waals surface area (Å²) in [4.78, 5) is 14.3. The van der Waals surface area contributed by atoms with Gasteiger partial charge in [0, 0.05) is 32.8 Å². The van der Waals surface area contributed by atoms with Gasteiger partial charge in [0.15, 0.2) is 0 Å². The Kier molecular flexibility index (Phi) is 6.68. The average Bonchev–Trinajstić information content (AvgIpc) is 3.36. The highest BCUT2D eigenvalue weighted by Gasteiger charge is 2.30. The third-order valence-electron chi connectivity index (χ3n) is 3.80. The van der Waals surface area contributed by atoms with Crippen LogP contribution in [0.5, 0.6) is 5.75 Å². The first-order chi connectivity index (χ1) is 10.7. The molecular weight excluding hydrogens is 280 g/mol. The zero-order valence-corrected chi connectivity index (χ0v) is 13.5. The molecule has 0 bridgehead atoms. The highest BCUT2D eigenvalue weighted by atomic mass is 16.5. The Morgan fingerprint density at radius 2 is 2.00 bits per heavy atom. The summed E-state index contributed by atoms with van der Waals surface area (Å²) < 4.78 is 10.2. The number of rotatable bonds is 10. The maximum Gasteiger partial charge on any atom is 0.234 e. The molecule has 2 rings (SSSR count). The molecule has 1 aliphatic rings. The number of hydrogen-bond donors (Lipinski definition) is 1. The van der Waals surface area contributed by atoms with Crippen LogP contribution in [0.15, 0.2) is 24.3 Å². The number of benzene rings is 1. The number of hydrogen-bond acceptors (Lipinski definition) is 4. The van der Waals surface area contributed by atoms with Gasteiger partial charge in [-0.05, 0) is 37.0 Å². The lowest BCUT2D eigenvalue weighted by Crippen LogP contribution is -2.38. The summed E-state index contributed by atoms with van der Waals surface area (Å²) in [5.41, 5.74) is 1.21. The summed E-state index contributed by atoms with van der Waals surface area (Å²) in [6.07, 6.45) is 3.23. The molecule has 0 unspecified atom stereocenters. The van der Waals surface area contributed by atoms with Gasteiger partial charge < -0.3 is 14.8 Å². The van der Waals surface area contributed by atoms with E-state index >= 15 is 0 Å². The van der Waals surface area contributed by atoms with Crippen molar-refractivity contribution in [2.45, 2.75) is 31.8 Å². The summed E-state index contributed by atoms with van der Waals surface area (Å²) in [6, 6.07) is 8.60. The number of carbonyl (C=O) groups is 1. The molecule has 0 radical (unpaired) electrons. The monoisotopic (exact) mass is 306 g/mol. The van der Waals surface area contributed by atoms with Crippen LogP contribution >= 0.6 is 0 Å². The van der Waals surface area contributed by atoms with Gasteiger partial charge in [-0.1, -0.05) is 12.1 Å². The smallest absolute Gasteiger partial charge is 0.234 e. The maximum absolute atomic E-state index is 12.0. The van der Waals surface area contributed by atoms with Crippen molar-refractivity contribution >= 4 is 5.91 Å². The minimum absolute atomic E-state index is 0.0940. The van der Waals surface area contributed by atoms with E-state index in [4.69, 9.17) is 9.47 Å². The lowest BCUT2D eigenvalue weighted by Gasteiger charge is -2.21. The Morgan fingerprint density at radius 1 is 1.27 bits per heavy atom. The fraction of sp³-hybridized carbons (Fsp3) is 0.588. The van der Waals surface area contributed by atoms with Crippen LogP contribution in [0.3, 0.4) is 0 Å². The molecule has 22 heavy (non-hydrogen) atoms. The number of methoxy groups -OCH3 is 2. The van der Waals surface area contributed by atoms with Gasteiger partial charge in [-0.2, -0.15) is 0 Å². The topological polar surface area (TPSA) is 50.8 Å². The largest absolute Gasteiger partial charge is 0.497 e. The average molecular weight is 306 g/mol. The van der Waals surface area contributed by atoms with Crippen molar-refractivity contribution in [3.8, 4) is 5.75 Å². The van der Waals surface area contributed by atoms with Crippen molar-refractivity contribution in [1.29, 1.82) is 0 Å². The van der Waals surface area contributed by atoms with Gasteiger partial charge in [0.1, 0.15) is 5.75 Å². The fourth-order valence-electron chi connectivity index (χ4n) is 2.40. The highest BCUT2D eigenvalue weighted by Crippen LogP contribution is 2.28. The van der Waals surface area contributed by atoms with Crippen molar-refractivity contribution in [3.63, 3.8) is 0 Å². The van der Waals surface area contributed by atoms with Crippen molar-refractivity contribution < 1.29 is 14.3 Å². The molecule has 1 aliphatic carbocycles. The van der Waals surface area contributed by atoms with E-state index in [9.17, 15) is 4.79 Å². The zero-order valence-electron chi connectivity index (χ0n) is 13.5. The molecule has 0 atom stereocenters. The van der Waals surface area contributed by atoms with E-state index < -0.39 is 0 Å². The summed E-state index contributed by atoms with van der Waals surface area (Å²) >= 11 is 0. The molecule has 122 valence electrons. The van der Waals surface area contributed by atoms with Crippen LogP contribution in [0.25, 0.3) is 0 Å². The first-order valence-corrected chi connectivity index (χ1v) is 7.85. The van der Waals surface area contributed by atoms with Gasteiger partial charge >= 0.3 is 0 Å². The molecule has 1 aromatic carbocycles. The molecule has 0 heterocycles. The minimum atomic E-state index is 0.0940. The van der Waals surface area contributed by atoms with Crippen LogP contribution in [0.4, 0.5) is 0 Å². The Bertz CT molecular complexity index is 457. The van der Waals surface area contributed by atoms with Crippen LogP contribution in [0.1, 0.15) is 24.8 Å². The molecule has 1 aromatic rings. The summed E-state index contributed by atoms with van der Waals surface area (Å²) in [6.45, 7) is 2.62. The van der Waals surface area contributed by atoms with Crippen LogP contribution in [-0.4, -0.2) is 50.8 Å². The Balaban J connectivity index is 1.80. The van der Waals surface area contributed by atoms with E-state index in [1.165, 1.54) is 18.4 Å². The zero-order chi connectivity index (χ0) is 15.8. The lowest BCUT2D eigenvalue weighted by molar-refractivity contribution is -0.122. The molecule has 1 saturated carbocycles. The molecular formula is C17H26N2O3.